The first kappa shape index (κ1) is 25.9. The maximum atomic E-state index is 11.5. The average Bonchev–Trinajstić information content (AvgIpc) is 2.85. The average molecular weight is 488 g/mol. The monoisotopic (exact) mass is 487 g/mol. The van der Waals surface area contributed by atoms with Gasteiger partial charge in [0.05, 0.1) is 17.9 Å². The third-order valence-corrected chi connectivity index (χ3v) is 6.79. The summed E-state index contributed by atoms with van der Waals surface area (Å²) in [6.07, 6.45) is 2.21. The number of carbonyl (C=O) groups is 1. The number of hydrogen-bond acceptors (Lipinski definition) is 5. The van der Waals surface area contributed by atoms with Crippen molar-refractivity contribution in [3.05, 3.63) is 76.5 Å². The summed E-state index contributed by atoms with van der Waals surface area (Å²) in [6, 6.07) is 15.5. The summed E-state index contributed by atoms with van der Waals surface area (Å²) in [7, 11) is 0. The number of amides is 1. The van der Waals surface area contributed by atoms with E-state index in [4.69, 9.17) is 20.2 Å². The maximum Gasteiger partial charge on any atom is 0.248 e. The molecule has 0 saturated carbocycles. The molecule has 36 heavy (non-hydrogen) atoms. The molecule has 4 rings (SSSR count). The van der Waals surface area contributed by atoms with Crippen molar-refractivity contribution < 1.29 is 14.3 Å². The summed E-state index contributed by atoms with van der Waals surface area (Å²) in [5.74, 6) is 0.980. The molecule has 0 aliphatic carbocycles. The summed E-state index contributed by atoms with van der Waals surface area (Å²) in [5.41, 5.74) is 12.6. The molecular formula is C30H37N3O3. The molecule has 1 saturated heterocycles. The van der Waals surface area contributed by atoms with Gasteiger partial charge in [-0.05, 0) is 69.0 Å². The zero-order valence-corrected chi connectivity index (χ0v) is 22.0. The van der Waals surface area contributed by atoms with Gasteiger partial charge in [0.2, 0.25) is 5.91 Å². The van der Waals surface area contributed by atoms with Gasteiger partial charge in [0.25, 0.3) is 0 Å². The number of aryl methyl sites for hydroxylation is 3. The first-order chi connectivity index (χ1) is 17.3. The first-order valence-electron chi connectivity index (χ1n) is 12.9. The molecule has 1 fully saturated rings. The van der Waals surface area contributed by atoms with Gasteiger partial charge in [0.1, 0.15) is 11.5 Å². The van der Waals surface area contributed by atoms with Crippen LogP contribution in [0.25, 0.3) is 11.3 Å². The van der Waals surface area contributed by atoms with Crippen molar-refractivity contribution in [2.24, 2.45) is 5.73 Å². The Kier molecular flexibility index (Phi) is 8.07. The molecule has 2 atom stereocenters. The van der Waals surface area contributed by atoms with Crippen LogP contribution in [0.2, 0.25) is 0 Å². The van der Waals surface area contributed by atoms with E-state index in [9.17, 15) is 4.79 Å². The lowest BCUT2D eigenvalue weighted by molar-refractivity contribution is -0.0706. The minimum Gasteiger partial charge on any atom is -0.457 e. The SMILES string of the molecule is CCc1cccc(CC)c1-c1cc(Oc2ccc(C(N)=O)cc2)c(CN2C[C@@H](C)O[C@H](C)C2)c(C)n1. The van der Waals surface area contributed by atoms with Crippen LogP contribution in [0, 0.1) is 6.92 Å². The van der Waals surface area contributed by atoms with Crippen molar-refractivity contribution in [2.75, 3.05) is 13.1 Å². The van der Waals surface area contributed by atoms with Gasteiger partial charge in [-0.15, -0.1) is 0 Å². The van der Waals surface area contributed by atoms with E-state index in [1.165, 1.54) is 16.7 Å². The predicted octanol–water partition coefficient (Wildman–Crippen LogP) is 5.68. The predicted molar refractivity (Wildman–Crippen MR) is 143 cm³/mol. The van der Waals surface area contributed by atoms with Crippen LogP contribution in [-0.4, -0.2) is 41.1 Å². The Morgan fingerprint density at radius 1 is 1.06 bits per heavy atom. The van der Waals surface area contributed by atoms with E-state index in [1.54, 1.807) is 24.3 Å². The molecule has 0 unspecified atom stereocenters. The van der Waals surface area contributed by atoms with E-state index in [2.05, 4.69) is 63.8 Å². The van der Waals surface area contributed by atoms with Crippen molar-refractivity contribution in [1.82, 2.24) is 9.88 Å². The van der Waals surface area contributed by atoms with Crippen molar-refractivity contribution in [1.29, 1.82) is 0 Å². The van der Waals surface area contributed by atoms with Crippen LogP contribution in [0.1, 0.15) is 60.4 Å². The minimum absolute atomic E-state index is 0.176. The number of nitrogens with zero attached hydrogens (tertiary/aromatic N) is 2. The molecule has 0 bridgehead atoms. The summed E-state index contributed by atoms with van der Waals surface area (Å²) >= 11 is 0. The number of rotatable bonds is 8. The number of hydrogen-bond donors (Lipinski definition) is 1. The lowest BCUT2D eigenvalue weighted by atomic mass is 9.94. The highest BCUT2D eigenvalue weighted by molar-refractivity contribution is 5.92. The number of benzene rings is 2. The molecule has 2 N–H and O–H groups in total. The Labute approximate surface area is 214 Å². The fourth-order valence-corrected chi connectivity index (χ4v) is 5.10. The number of aromatic nitrogens is 1. The Hall–Kier alpha value is -3.22. The van der Waals surface area contributed by atoms with Crippen LogP contribution in [0.5, 0.6) is 11.5 Å². The van der Waals surface area contributed by atoms with Crippen LogP contribution in [0.3, 0.4) is 0 Å². The number of carbonyl (C=O) groups excluding carboxylic acids is 1. The van der Waals surface area contributed by atoms with Crippen LogP contribution in [-0.2, 0) is 24.1 Å². The van der Waals surface area contributed by atoms with E-state index in [0.717, 1.165) is 55.2 Å². The summed E-state index contributed by atoms with van der Waals surface area (Å²) in [5, 5.41) is 0. The normalized spacial score (nSPS) is 18.2. The fraction of sp³-hybridized carbons (Fsp3) is 0.400. The molecule has 190 valence electrons. The molecule has 0 spiro atoms. The highest BCUT2D eigenvalue weighted by atomic mass is 16.5. The molecule has 6 nitrogen and oxygen atoms in total. The Balaban J connectivity index is 1.79. The van der Waals surface area contributed by atoms with Crippen molar-refractivity contribution >= 4 is 5.91 Å². The molecule has 1 aromatic heterocycles. The number of primary amides is 1. The van der Waals surface area contributed by atoms with E-state index < -0.39 is 5.91 Å². The smallest absolute Gasteiger partial charge is 0.248 e. The topological polar surface area (TPSA) is 77.7 Å². The van der Waals surface area contributed by atoms with Crippen molar-refractivity contribution in [2.45, 2.75) is 66.2 Å². The van der Waals surface area contributed by atoms with Gasteiger partial charge in [-0.2, -0.15) is 0 Å². The minimum atomic E-state index is -0.455. The molecule has 1 aliphatic heterocycles. The van der Waals surface area contributed by atoms with Gasteiger partial charge in [-0.1, -0.05) is 32.0 Å². The van der Waals surface area contributed by atoms with Gasteiger partial charge >= 0.3 is 0 Å². The molecular weight excluding hydrogens is 450 g/mol. The third-order valence-electron chi connectivity index (χ3n) is 6.79. The van der Waals surface area contributed by atoms with Gasteiger partial charge in [0.15, 0.2) is 0 Å². The quantitative estimate of drug-likeness (QED) is 0.442. The van der Waals surface area contributed by atoms with Crippen molar-refractivity contribution in [3.8, 4) is 22.8 Å². The van der Waals surface area contributed by atoms with Crippen LogP contribution in [0.4, 0.5) is 0 Å². The molecule has 6 heteroatoms. The summed E-state index contributed by atoms with van der Waals surface area (Å²) < 4.78 is 12.4. The van der Waals surface area contributed by atoms with E-state index in [-0.39, 0.29) is 12.2 Å². The standard InChI is InChI=1S/C30H37N3O3/c1-6-22-9-8-10-23(7-2)29(22)27-15-28(36-25-13-11-24(12-14-25)30(31)34)26(21(5)32-27)18-33-16-19(3)35-20(4)17-33/h8-15,19-20H,6-7,16-18H2,1-5H3,(H2,31,34)/t19-,20-/m1/s1. The Bertz CT molecular complexity index is 1190. The third kappa shape index (κ3) is 5.77. The van der Waals surface area contributed by atoms with E-state index in [0.29, 0.717) is 11.3 Å². The number of morpholine rings is 1. The van der Waals surface area contributed by atoms with Crippen molar-refractivity contribution in [3.63, 3.8) is 0 Å². The second kappa shape index (κ2) is 11.2. The second-order valence-electron chi connectivity index (χ2n) is 9.67. The lowest BCUT2D eigenvalue weighted by Gasteiger charge is -2.35. The fourth-order valence-electron chi connectivity index (χ4n) is 5.10. The largest absolute Gasteiger partial charge is 0.457 e. The molecule has 2 aromatic carbocycles. The lowest BCUT2D eigenvalue weighted by Crippen LogP contribution is -2.45. The van der Waals surface area contributed by atoms with E-state index >= 15 is 0 Å². The van der Waals surface area contributed by atoms with Gasteiger partial charge in [-0.3, -0.25) is 14.7 Å². The highest BCUT2D eigenvalue weighted by Crippen LogP contribution is 2.36. The van der Waals surface area contributed by atoms with Gasteiger partial charge in [0, 0.05) is 48.1 Å². The number of nitrogens with two attached hydrogens (primary N) is 1. The van der Waals surface area contributed by atoms with E-state index in [1.807, 2.05) is 0 Å². The highest BCUT2D eigenvalue weighted by Gasteiger charge is 2.25. The van der Waals surface area contributed by atoms with Gasteiger partial charge in [-0.25, -0.2) is 0 Å². The first-order valence-corrected chi connectivity index (χ1v) is 12.9. The zero-order valence-electron chi connectivity index (χ0n) is 22.0. The number of pyridine rings is 1. The summed E-state index contributed by atoms with van der Waals surface area (Å²) in [6.45, 7) is 13.1. The summed E-state index contributed by atoms with van der Waals surface area (Å²) in [4.78, 5) is 19.0. The van der Waals surface area contributed by atoms with Crippen LogP contribution >= 0.6 is 0 Å². The zero-order chi connectivity index (χ0) is 25.8. The molecule has 0 radical (unpaired) electrons. The number of ether oxygens (including phenoxy) is 2. The molecule has 3 aromatic rings. The molecule has 1 amide bonds. The van der Waals surface area contributed by atoms with Gasteiger partial charge < -0.3 is 15.2 Å². The maximum absolute atomic E-state index is 11.5. The van der Waals surface area contributed by atoms with Crippen LogP contribution < -0.4 is 10.5 Å². The van der Waals surface area contributed by atoms with Crippen LogP contribution in [0.15, 0.2) is 48.5 Å². The Morgan fingerprint density at radius 2 is 1.67 bits per heavy atom. The molecule has 2 heterocycles. The Morgan fingerprint density at radius 3 is 2.22 bits per heavy atom. The second-order valence-corrected chi connectivity index (χ2v) is 9.67. The molecule has 1 aliphatic rings.